The molecule has 1 saturated heterocycles. The third kappa shape index (κ3) is 2.60. The van der Waals surface area contributed by atoms with E-state index in [-0.39, 0.29) is 17.6 Å². The molecule has 1 aliphatic rings. The van der Waals surface area contributed by atoms with Crippen molar-refractivity contribution in [3.8, 4) is 0 Å². The predicted octanol–water partition coefficient (Wildman–Crippen LogP) is 3.38. The quantitative estimate of drug-likeness (QED) is 0.802. The van der Waals surface area contributed by atoms with Crippen molar-refractivity contribution in [3.05, 3.63) is 0 Å². The fourth-order valence-electron chi connectivity index (χ4n) is 2.52. The topological polar surface area (TPSA) is 29.5 Å². The molecule has 2 heteroatoms. The molecule has 96 valence electrons. The smallest absolute Gasteiger partial charge is 0.0719 e. The molecule has 3 atom stereocenters. The lowest BCUT2D eigenvalue weighted by Gasteiger charge is -2.52. The Kier molecular flexibility index (Phi) is 4.07. The van der Waals surface area contributed by atoms with E-state index in [1.165, 1.54) is 0 Å². The van der Waals surface area contributed by atoms with Gasteiger partial charge in [-0.1, -0.05) is 34.6 Å². The largest absolute Gasteiger partial charge is 0.389 e. The number of aliphatic hydroxyl groups is 1. The maximum Gasteiger partial charge on any atom is 0.0719 e. The van der Waals surface area contributed by atoms with Crippen molar-refractivity contribution in [3.63, 3.8) is 0 Å². The Hall–Kier alpha value is -0.0800. The van der Waals surface area contributed by atoms with Crippen LogP contribution in [0.25, 0.3) is 0 Å². The maximum atomic E-state index is 10.6. The number of rotatable bonds is 3. The molecule has 0 saturated carbocycles. The number of hydrogen-bond donors (Lipinski definition) is 1. The molecule has 0 spiro atoms. The van der Waals surface area contributed by atoms with Crippen LogP contribution in [0.2, 0.25) is 0 Å². The first-order chi connectivity index (χ1) is 7.20. The molecule has 0 radical (unpaired) electrons. The molecule has 0 amide bonds. The molecule has 3 unspecified atom stereocenters. The summed E-state index contributed by atoms with van der Waals surface area (Å²) in [5.41, 5.74) is -0.783. The molecular weight excluding hydrogens is 200 g/mol. The van der Waals surface area contributed by atoms with Crippen molar-refractivity contribution in [1.29, 1.82) is 0 Å². The van der Waals surface area contributed by atoms with E-state index in [4.69, 9.17) is 4.74 Å². The molecule has 1 rings (SSSR count). The fourth-order valence-corrected chi connectivity index (χ4v) is 2.52. The minimum atomic E-state index is -0.620. The molecule has 1 N–H and O–H groups in total. The highest BCUT2D eigenvalue weighted by Gasteiger charge is 2.51. The van der Waals surface area contributed by atoms with Gasteiger partial charge in [0, 0.05) is 11.8 Å². The number of ether oxygens (including phenoxy) is 1. The van der Waals surface area contributed by atoms with Gasteiger partial charge in [0.1, 0.15) is 0 Å². The Labute approximate surface area is 100 Å². The molecule has 0 aromatic heterocycles. The van der Waals surface area contributed by atoms with Gasteiger partial charge in [-0.15, -0.1) is 0 Å². The minimum Gasteiger partial charge on any atom is -0.389 e. The lowest BCUT2D eigenvalue weighted by atomic mass is 9.65. The summed E-state index contributed by atoms with van der Waals surface area (Å²) in [6.07, 6.45) is 3.15. The van der Waals surface area contributed by atoms with Crippen molar-refractivity contribution in [2.75, 3.05) is 0 Å². The molecule has 0 aliphatic carbocycles. The van der Waals surface area contributed by atoms with E-state index in [9.17, 15) is 5.11 Å². The summed E-state index contributed by atoms with van der Waals surface area (Å²) >= 11 is 0. The van der Waals surface area contributed by atoms with E-state index < -0.39 is 5.60 Å². The van der Waals surface area contributed by atoms with E-state index in [1.807, 2.05) is 6.92 Å². The fraction of sp³-hybridized carbons (Fsp3) is 1.00. The lowest BCUT2D eigenvalue weighted by Crippen LogP contribution is -2.57. The molecule has 2 nitrogen and oxygen atoms in total. The third-order valence-electron chi connectivity index (χ3n) is 4.32. The van der Waals surface area contributed by atoms with E-state index in [1.54, 1.807) is 0 Å². The standard InChI is InChI=1S/C14H28O2/c1-7-11-9-14(6,15)13(4,5)12(16-11)8-10(2)3/h10-12,15H,7-9H2,1-6H3. The van der Waals surface area contributed by atoms with Crippen molar-refractivity contribution in [2.45, 2.75) is 78.6 Å². The average Bonchev–Trinajstić information content (AvgIpc) is 2.12. The Balaban J connectivity index is 2.86. The molecule has 0 aromatic rings. The normalized spacial score (nSPS) is 39.0. The maximum absolute atomic E-state index is 10.6. The zero-order chi connectivity index (χ0) is 12.6. The average molecular weight is 228 g/mol. The van der Waals surface area contributed by atoms with E-state index in [0.29, 0.717) is 5.92 Å². The Morgan fingerprint density at radius 2 is 1.88 bits per heavy atom. The van der Waals surface area contributed by atoms with Crippen molar-refractivity contribution in [2.24, 2.45) is 11.3 Å². The predicted molar refractivity (Wildman–Crippen MR) is 67.4 cm³/mol. The summed E-state index contributed by atoms with van der Waals surface area (Å²) in [7, 11) is 0. The van der Waals surface area contributed by atoms with Crippen molar-refractivity contribution < 1.29 is 9.84 Å². The van der Waals surface area contributed by atoms with Gasteiger partial charge in [-0.25, -0.2) is 0 Å². The summed E-state index contributed by atoms with van der Waals surface area (Å²) in [4.78, 5) is 0. The van der Waals surface area contributed by atoms with Crippen LogP contribution in [0.4, 0.5) is 0 Å². The third-order valence-corrected chi connectivity index (χ3v) is 4.32. The summed E-state index contributed by atoms with van der Waals surface area (Å²) in [6.45, 7) is 12.8. The van der Waals surface area contributed by atoms with Crippen LogP contribution in [0.1, 0.15) is 60.8 Å². The van der Waals surface area contributed by atoms with Gasteiger partial charge in [-0.3, -0.25) is 0 Å². The van der Waals surface area contributed by atoms with Crippen molar-refractivity contribution in [1.82, 2.24) is 0 Å². The molecule has 0 aromatic carbocycles. The van der Waals surface area contributed by atoms with Crippen LogP contribution in [0.5, 0.6) is 0 Å². The Bertz CT molecular complexity index is 231. The molecule has 1 heterocycles. The van der Waals surface area contributed by atoms with Crippen LogP contribution in [0.15, 0.2) is 0 Å². The Morgan fingerprint density at radius 3 is 2.31 bits per heavy atom. The minimum absolute atomic E-state index is 0.164. The summed E-state index contributed by atoms with van der Waals surface area (Å²) < 4.78 is 6.14. The van der Waals surface area contributed by atoms with Crippen LogP contribution in [-0.2, 0) is 4.74 Å². The number of hydrogen-bond acceptors (Lipinski definition) is 2. The molecule has 1 aliphatic heterocycles. The second kappa shape index (κ2) is 4.66. The van der Waals surface area contributed by atoms with Crippen LogP contribution < -0.4 is 0 Å². The van der Waals surface area contributed by atoms with Gasteiger partial charge in [-0.05, 0) is 25.7 Å². The van der Waals surface area contributed by atoms with Crippen LogP contribution in [0, 0.1) is 11.3 Å². The molecule has 16 heavy (non-hydrogen) atoms. The first-order valence-electron chi connectivity index (χ1n) is 6.58. The van der Waals surface area contributed by atoms with Gasteiger partial charge in [0.05, 0.1) is 17.8 Å². The highest BCUT2D eigenvalue weighted by atomic mass is 16.5. The van der Waals surface area contributed by atoms with E-state index in [2.05, 4.69) is 34.6 Å². The van der Waals surface area contributed by atoms with E-state index >= 15 is 0 Å². The van der Waals surface area contributed by atoms with Crippen molar-refractivity contribution >= 4 is 0 Å². The second-order valence-corrected chi connectivity index (χ2v) is 6.48. The lowest BCUT2D eigenvalue weighted by molar-refractivity contribution is -0.222. The highest BCUT2D eigenvalue weighted by molar-refractivity contribution is 5.00. The van der Waals surface area contributed by atoms with Gasteiger partial charge in [-0.2, -0.15) is 0 Å². The van der Waals surface area contributed by atoms with Crippen LogP contribution in [0.3, 0.4) is 0 Å². The zero-order valence-electron chi connectivity index (χ0n) is 11.7. The van der Waals surface area contributed by atoms with Crippen LogP contribution >= 0.6 is 0 Å². The first-order valence-corrected chi connectivity index (χ1v) is 6.58. The van der Waals surface area contributed by atoms with Gasteiger partial charge >= 0.3 is 0 Å². The summed E-state index contributed by atoms with van der Waals surface area (Å²) in [6, 6.07) is 0. The summed E-state index contributed by atoms with van der Waals surface area (Å²) in [5, 5.41) is 10.6. The second-order valence-electron chi connectivity index (χ2n) is 6.48. The van der Waals surface area contributed by atoms with Crippen LogP contribution in [-0.4, -0.2) is 22.9 Å². The van der Waals surface area contributed by atoms with Gasteiger partial charge in [0.15, 0.2) is 0 Å². The van der Waals surface area contributed by atoms with E-state index in [0.717, 1.165) is 19.3 Å². The summed E-state index contributed by atoms with van der Waals surface area (Å²) in [5.74, 6) is 0.607. The zero-order valence-corrected chi connectivity index (χ0v) is 11.7. The molecular formula is C14H28O2. The molecule has 1 fully saturated rings. The van der Waals surface area contributed by atoms with Gasteiger partial charge < -0.3 is 9.84 Å². The van der Waals surface area contributed by atoms with Gasteiger partial charge in [0.2, 0.25) is 0 Å². The first kappa shape index (κ1) is 14.0. The monoisotopic (exact) mass is 228 g/mol. The molecule has 0 bridgehead atoms. The SMILES string of the molecule is CCC1CC(C)(O)C(C)(C)C(CC(C)C)O1. The highest BCUT2D eigenvalue weighted by Crippen LogP contribution is 2.46. The Morgan fingerprint density at radius 1 is 1.31 bits per heavy atom. The van der Waals surface area contributed by atoms with Gasteiger partial charge in [0.25, 0.3) is 0 Å².